The van der Waals surface area contributed by atoms with Gasteiger partial charge in [0.25, 0.3) is 0 Å². The summed E-state index contributed by atoms with van der Waals surface area (Å²) in [5.41, 5.74) is 6.02. The van der Waals surface area contributed by atoms with Crippen LogP contribution in [0.2, 0.25) is 0 Å². The van der Waals surface area contributed by atoms with Crippen molar-refractivity contribution in [3.63, 3.8) is 0 Å². The highest BCUT2D eigenvalue weighted by Gasteiger charge is 2.35. The van der Waals surface area contributed by atoms with E-state index in [1.54, 1.807) is 0 Å². The summed E-state index contributed by atoms with van der Waals surface area (Å²) in [6.45, 7) is 4.29. The van der Waals surface area contributed by atoms with Crippen molar-refractivity contribution >= 4 is 27.5 Å². The lowest BCUT2D eigenvalue weighted by Gasteiger charge is -2.30. The minimum Gasteiger partial charge on any atom is -0.313 e. The summed E-state index contributed by atoms with van der Waals surface area (Å²) in [7, 11) is 0. The van der Waals surface area contributed by atoms with Gasteiger partial charge < -0.3 is 4.57 Å². The molecule has 1 aliphatic carbocycles. The predicted molar refractivity (Wildman–Crippen MR) is 135 cm³/mol. The summed E-state index contributed by atoms with van der Waals surface area (Å²) in [5.74, 6) is 0.187. The third-order valence-corrected chi connectivity index (χ3v) is 6.73. The van der Waals surface area contributed by atoms with Crippen molar-refractivity contribution < 1.29 is 9.59 Å². The van der Waals surface area contributed by atoms with E-state index in [1.807, 2.05) is 72.8 Å². The van der Waals surface area contributed by atoms with Crippen LogP contribution in [-0.2, 0) is 6.42 Å². The fourth-order valence-corrected chi connectivity index (χ4v) is 5.08. The maximum absolute atomic E-state index is 13.0. The third-order valence-electron chi connectivity index (χ3n) is 6.23. The Balaban J connectivity index is 1.64. The zero-order valence-corrected chi connectivity index (χ0v) is 20.2. The van der Waals surface area contributed by atoms with Crippen LogP contribution in [0.4, 0.5) is 0 Å². The number of aromatic nitrogens is 1. The molecule has 0 saturated carbocycles. The summed E-state index contributed by atoms with van der Waals surface area (Å²) in [6, 6.07) is 27.2. The van der Waals surface area contributed by atoms with Crippen LogP contribution in [-0.4, -0.2) is 16.1 Å². The van der Waals surface area contributed by atoms with Crippen LogP contribution in [0.3, 0.4) is 0 Å². The number of fused-ring (bicyclic) bond motifs is 1. The van der Waals surface area contributed by atoms with Gasteiger partial charge in [0.05, 0.1) is 5.69 Å². The van der Waals surface area contributed by atoms with Crippen LogP contribution in [0, 0.1) is 5.41 Å². The Labute approximate surface area is 202 Å². The molecule has 4 heteroatoms. The monoisotopic (exact) mass is 497 g/mol. The lowest BCUT2D eigenvalue weighted by atomic mass is 9.76. The van der Waals surface area contributed by atoms with E-state index in [1.165, 1.54) is 0 Å². The maximum Gasteiger partial charge on any atom is 0.193 e. The SMILES string of the molecule is CC1(C)CC(=O)c2cc(-c3cccc(Br)c3)n(-c3ccc(C(=O)c4ccccc4)cc3)c2C1. The van der Waals surface area contributed by atoms with Gasteiger partial charge in [-0.05, 0) is 59.9 Å². The molecule has 4 aromatic rings. The molecule has 0 N–H and O–H groups in total. The van der Waals surface area contributed by atoms with Crippen molar-refractivity contribution in [2.24, 2.45) is 5.41 Å². The molecule has 1 heterocycles. The molecular weight excluding hydrogens is 474 g/mol. The van der Waals surface area contributed by atoms with E-state index in [-0.39, 0.29) is 17.0 Å². The number of Topliss-reactive ketones (excluding diaryl/α,β-unsaturated/α-hetero) is 1. The van der Waals surface area contributed by atoms with Gasteiger partial charge >= 0.3 is 0 Å². The van der Waals surface area contributed by atoms with Crippen LogP contribution in [0.1, 0.15) is 52.2 Å². The quantitative estimate of drug-likeness (QED) is 0.277. The van der Waals surface area contributed by atoms with Gasteiger partial charge in [0, 0.05) is 39.0 Å². The number of halogens is 1. The second kappa shape index (κ2) is 8.27. The smallest absolute Gasteiger partial charge is 0.193 e. The minimum atomic E-state index is -0.0993. The van der Waals surface area contributed by atoms with Gasteiger partial charge in [0.1, 0.15) is 0 Å². The van der Waals surface area contributed by atoms with E-state index in [4.69, 9.17) is 0 Å². The molecule has 0 fully saturated rings. The molecule has 5 rings (SSSR count). The molecule has 3 nitrogen and oxygen atoms in total. The standard InChI is InChI=1S/C29H24BrNO2/c1-29(2)17-26-24(27(32)18-29)16-25(21-9-6-10-22(30)15-21)31(26)23-13-11-20(12-14-23)28(33)19-7-4-3-5-8-19/h3-16H,17-18H2,1-2H3. The van der Waals surface area contributed by atoms with E-state index >= 15 is 0 Å². The molecule has 0 saturated heterocycles. The lowest BCUT2D eigenvalue weighted by Crippen LogP contribution is -2.27. The summed E-state index contributed by atoms with van der Waals surface area (Å²) >= 11 is 3.58. The van der Waals surface area contributed by atoms with Gasteiger partial charge in [0.2, 0.25) is 0 Å². The van der Waals surface area contributed by atoms with Crippen LogP contribution in [0.5, 0.6) is 0 Å². The highest BCUT2D eigenvalue weighted by Crippen LogP contribution is 2.40. The molecule has 0 spiro atoms. The highest BCUT2D eigenvalue weighted by molar-refractivity contribution is 9.10. The van der Waals surface area contributed by atoms with Gasteiger partial charge in [-0.25, -0.2) is 0 Å². The summed E-state index contributed by atoms with van der Waals surface area (Å²) in [6.07, 6.45) is 1.36. The first-order chi connectivity index (χ1) is 15.8. The predicted octanol–water partition coefficient (Wildman–Crippen LogP) is 7.29. The van der Waals surface area contributed by atoms with Gasteiger partial charge in [-0.1, -0.05) is 72.2 Å². The number of nitrogens with zero attached hydrogens (tertiary/aromatic N) is 1. The second-order valence-electron chi connectivity index (χ2n) is 9.42. The van der Waals surface area contributed by atoms with E-state index < -0.39 is 0 Å². The molecule has 0 unspecified atom stereocenters. The number of benzene rings is 3. The average Bonchev–Trinajstić information content (AvgIpc) is 3.18. The summed E-state index contributed by atoms with van der Waals surface area (Å²) in [4.78, 5) is 25.9. The first kappa shape index (κ1) is 21.6. The molecular formula is C29H24BrNO2. The number of carbonyl (C=O) groups is 2. The minimum absolute atomic E-state index is 0.000194. The Morgan fingerprint density at radius 3 is 2.24 bits per heavy atom. The van der Waals surface area contributed by atoms with Gasteiger partial charge in [-0.3, -0.25) is 9.59 Å². The second-order valence-corrected chi connectivity index (χ2v) is 10.3. The Bertz CT molecular complexity index is 1360. The Morgan fingerprint density at radius 1 is 0.848 bits per heavy atom. The zero-order valence-electron chi connectivity index (χ0n) is 18.6. The van der Waals surface area contributed by atoms with E-state index in [0.717, 1.165) is 39.1 Å². The molecule has 0 radical (unpaired) electrons. The summed E-state index contributed by atoms with van der Waals surface area (Å²) in [5, 5.41) is 0. The van der Waals surface area contributed by atoms with Crippen molar-refractivity contribution in [3.05, 3.63) is 112 Å². The zero-order chi connectivity index (χ0) is 23.2. The number of carbonyl (C=O) groups excluding carboxylic acids is 2. The van der Waals surface area contributed by atoms with Crippen LogP contribution >= 0.6 is 15.9 Å². The van der Waals surface area contributed by atoms with Gasteiger partial charge in [-0.2, -0.15) is 0 Å². The summed E-state index contributed by atoms with van der Waals surface area (Å²) < 4.78 is 3.17. The van der Waals surface area contributed by atoms with Crippen LogP contribution < -0.4 is 0 Å². The number of hydrogen-bond donors (Lipinski definition) is 0. The highest BCUT2D eigenvalue weighted by atomic mass is 79.9. The first-order valence-electron chi connectivity index (χ1n) is 11.1. The van der Waals surface area contributed by atoms with E-state index in [2.05, 4.69) is 46.5 Å². The molecule has 0 bridgehead atoms. The number of ketones is 2. The Morgan fingerprint density at radius 2 is 1.55 bits per heavy atom. The van der Waals surface area contributed by atoms with Crippen LogP contribution in [0.15, 0.2) is 89.4 Å². The maximum atomic E-state index is 13.0. The molecule has 164 valence electrons. The topological polar surface area (TPSA) is 39.1 Å². The molecule has 0 atom stereocenters. The molecule has 3 aromatic carbocycles. The largest absolute Gasteiger partial charge is 0.313 e. The van der Waals surface area contributed by atoms with E-state index in [0.29, 0.717) is 17.5 Å². The number of hydrogen-bond acceptors (Lipinski definition) is 2. The third kappa shape index (κ3) is 4.11. The Kier molecular flexibility index (Phi) is 5.41. The fourth-order valence-electron chi connectivity index (χ4n) is 4.69. The Hall–Kier alpha value is -3.24. The van der Waals surface area contributed by atoms with Crippen LogP contribution in [0.25, 0.3) is 16.9 Å². The molecule has 0 amide bonds. The molecule has 33 heavy (non-hydrogen) atoms. The molecule has 1 aromatic heterocycles. The van der Waals surface area contributed by atoms with Crippen molar-refractivity contribution in [2.45, 2.75) is 26.7 Å². The number of rotatable bonds is 4. The fraction of sp³-hybridized carbons (Fsp3) is 0.172. The lowest BCUT2D eigenvalue weighted by molar-refractivity contribution is 0.0910. The van der Waals surface area contributed by atoms with Crippen molar-refractivity contribution in [1.82, 2.24) is 4.57 Å². The van der Waals surface area contributed by atoms with Gasteiger partial charge in [-0.15, -0.1) is 0 Å². The van der Waals surface area contributed by atoms with E-state index in [9.17, 15) is 9.59 Å². The van der Waals surface area contributed by atoms with Crippen molar-refractivity contribution in [2.75, 3.05) is 0 Å². The normalized spacial score (nSPS) is 14.7. The first-order valence-corrected chi connectivity index (χ1v) is 11.9. The molecule has 0 aliphatic heterocycles. The van der Waals surface area contributed by atoms with Gasteiger partial charge in [0.15, 0.2) is 11.6 Å². The average molecular weight is 498 g/mol. The van der Waals surface area contributed by atoms with Crippen molar-refractivity contribution in [3.8, 4) is 16.9 Å². The molecule has 1 aliphatic rings. The van der Waals surface area contributed by atoms with Crippen molar-refractivity contribution in [1.29, 1.82) is 0 Å².